The molecule has 0 fully saturated rings. The SMILES string of the molecule is FC(F)(F)c1ccc2ocnc2c1.NC(=O)c1[nH]nc2ncncc12. The number of nitrogens with zero attached hydrogens (tertiary/aromatic N) is 4. The summed E-state index contributed by atoms with van der Waals surface area (Å²) >= 11 is 0. The molecule has 3 heterocycles. The molecule has 0 aliphatic heterocycles. The minimum Gasteiger partial charge on any atom is -0.443 e. The molecule has 4 aromatic rings. The molecule has 25 heavy (non-hydrogen) atoms. The summed E-state index contributed by atoms with van der Waals surface area (Å²) in [4.78, 5) is 22.0. The fourth-order valence-corrected chi connectivity index (χ4v) is 1.98. The monoisotopic (exact) mass is 350 g/mol. The highest BCUT2D eigenvalue weighted by atomic mass is 19.4. The van der Waals surface area contributed by atoms with Gasteiger partial charge in [-0.3, -0.25) is 9.89 Å². The van der Waals surface area contributed by atoms with Crippen molar-refractivity contribution in [1.29, 1.82) is 0 Å². The van der Waals surface area contributed by atoms with Gasteiger partial charge < -0.3 is 10.2 Å². The fraction of sp³-hybridized carbons (Fsp3) is 0.0714. The molecule has 3 aromatic heterocycles. The van der Waals surface area contributed by atoms with Crippen LogP contribution in [0.15, 0.2) is 41.5 Å². The van der Waals surface area contributed by atoms with Crippen LogP contribution in [-0.2, 0) is 6.18 Å². The highest BCUT2D eigenvalue weighted by Crippen LogP contribution is 2.30. The summed E-state index contributed by atoms with van der Waals surface area (Å²) in [5, 5.41) is 6.80. The smallest absolute Gasteiger partial charge is 0.416 e. The number of carbonyl (C=O) groups excluding carboxylic acids is 1. The van der Waals surface area contributed by atoms with Gasteiger partial charge in [0, 0.05) is 6.20 Å². The van der Waals surface area contributed by atoms with Crippen LogP contribution < -0.4 is 5.73 Å². The number of oxazole rings is 1. The maximum absolute atomic E-state index is 12.2. The van der Waals surface area contributed by atoms with Crippen molar-refractivity contribution in [3.05, 3.63) is 48.4 Å². The van der Waals surface area contributed by atoms with Crippen LogP contribution in [0, 0.1) is 0 Å². The van der Waals surface area contributed by atoms with E-state index in [2.05, 4.69) is 25.1 Å². The predicted octanol–water partition coefficient (Wildman–Crippen LogP) is 2.30. The lowest BCUT2D eigenvalue weighted by molar-refractivity contribution is -0.137. The number of fused-ring (bicyclic) bond motifs is 2. The molecule has 0 aliphatic carbocycles. The van der Waals surface area contributed by atoms with Crippen molar-refractivity contribution in [1.82, 2.24) is 25.1 Å². The highest BCUT2D eigenvalue weighted by Gasteiger charge is 2.30. The summed E-state index contributed by atoms with van der Waals surface area (Å²) in [7, 11) is 0. The molecule has 1 aromatic carbocycles. The Morgan fingerprint density at radius 1 is 1.24 bits per heavy atom. The molecule has 8 nitrogen and oxygen atoms in total. The van der Waals surface area contributed by atoms with Gasteiger partial charge in [0.05, 0.1) is 10.9 Å². The third-order valence-corrected chi connectivity index (χ3v) is 3.14. The van der Waals surface area contributed by atoms with Crippen molar-refractivity contribution in [3.63, 3.8) is 0 Å². The number of rotatable bonds is 1. The van der Waals surface area contributed by atoms with Crippen LogP contribution in [0.25, 0.3) is 22.1 Å². The van der Waals surface area contributed by atoms with Gasteiger partial charge in [0.2, 0.25) is 0 Å². The van der Waals surface area contributed by atoms with Gasteiger partial charge in [0.15, 0.2) is 17.6 Å². The molecule has 0 spiro atoms. The van der Waals surface area contributed by atoms with Gasteiger partial charge in [-0.15, -0.1) is 0 Å². The first-order valence-electron chi connectivity index (χ1n) is 6.70. The van der Waals surface area contributed by atoms with Gasteiger partial charge in [-0.1, -0.05) is 0 Å². The number of alkyl halides is 3. The molecule has 0 radical (unpaired) electrons. The van der Waals surface area contributed by atoms with E-state index in [0.717, 1.165) is 18.5 Å². The van der Waals surface area contributed by atoms with Crippen molar-refractivity contribution in [2.45, 2.75) is 6.18 Å². The van der Waals surface area contributed by atoms with Crippen molar-refractivity contribution >= 4 is 28.0 Å². The zero-order chi connectivity index (χ0) is 18.0. The molecule has 128 valence electrons. The van der Waals surface area contributed by atoms with E-state index in [1.54, 1.807) is 0 Å². The lowest BCUT2D eigenvalue weighted by Gasteiger charge is -2.04. The predicted molar refractivity (Wildman–Crippen MR) is 79.2 cm³/mol. The second-order valence-electron chi connectivity index (χ2n) is 4.76. The normalized spacial score (nSPS) is 11.3. The maximum Gasteiger partial charge on any atom is 0.416 e. The summed E-state index contributed by atoms with van der Waals surface area (Å²) in [5.41, 5.74) is 5.60. The van der Waals surface area contributed by atoms with Gasteiger partial charge in [-0.25, -0.2) is 15.0 Å². The van der Waals surface area contributed by atoms with Crippen LogP contribution in [0.1, 0.15) is 16.1 Å². The molecule has 0 aliphatic rings. The average molecular weight is 350 g/mol. The van der Waals surface area contributed by atoms with Gasteiger partial charge >= 0.3 is 6.18 Å². The van der Waals surface area contributed by atoms with E-state index in [4.69, 9.17) is 10.2 Å². The van der Waals surface area contributed by atoms with E-state index in [1.807, 2.05) is 0 Å². The van der Waals surface area contributed by atoms with E-state index >= 15 is 0 Å². The minimum atomic E-state index is -4.33. The second-order valence-corrected chi connectivity index (χ2v) is 4.76. The van der Waals surface area contributed by atoms with Crippen molar-refractivity contribution < 1.29 is 22.4 Å². The van der Waals surface area contributed by atoms with Crippen LogP contribution in [0.2, 0.25) is 0 Å². The second kappa shape index (κ2) is 6.19. The lowest BCUT2D eigenvalue weighted by atomic mass is 10.2. The Morgan fingerprint density at radius 2 is 2.04 bits per heavy atom. The Morgan fingerprint density at radius 3 is 2.76 bits per heavy atom. The van der Waals surface area contributed by atoms with Crippen molar-refractivity contribution in [3.8, 4) is 0 Å². The number of H-pyrrole nitrogens is 1. The number of hydrogen-bond donors (Lipinski definition) is 2. The number of hydrogen-bond acceptors (Lipinski definition) is 6. The first-order valence-corrected chi connectivity index (χ1v) is 6.70. The van der Waals surface area contributed by atoms with E-state index in [1.165, 1.54) is 18.6 Å². The van der Waals surface area contributed by atoms with Gasteiger partial charge in [-0.2, -0.15) is 18.3 Å². The molecular weight excluding hydrogens is 341 g/mol. The first kappa shape index (κ1) is 16.4. The van der Waals surface area contributed by atoms with Gasteiger partial charge in [0.1, 0.15) is 17.5 Å². The van der Waals surface area contributed by atoms with Crippen molar-refractivity contribution in [2.24, 2.45) is 5.73 Å². The fourth-order valence-electron chi connectivity index (χ4n) is 1.98. The van der Waals surface area contributed by atoms with Crippen LogP contribution in [0.5, 0.6) is 0 Å². The Kier molecular flexibility index (Phi) is 4.05. The zero-order valence-corrected chi connectivity index (χ0v) is 12.3. The molecule has 11 heteroatoms. The number of benzene rings is 1. The third-order valence-electron chi connectivity index (χ3n) is 3.14. The van der Waals surface area contributed by atoms with E-state index < -0.39 is 17.6 Å². The highest BCUT2D eigenvalue weighted by molar-refractivity contribution is 6.02. The van der Waals surface area contributed by atoms with Crippen LogP contribution >= 0.6 is 0 Å². The van der Waals surface area contributed by atoms with Crippen LogP contribution in [0.3, 0.4) is 0 Å². The number of amides is 1. The van der Waals surface area contributed by atoms with Gasteiger partial charge in [-0.05, 0) is 18.2 Å². The molecular formula is C14H9F3N6O2. The summed E-state index contributed by atoms with van der Waals surface area (Å²) in [5.74, 6) is -0.563. The number of nitrogens with two attached hydrogens (primary N) is 1. The summed E-state index contributed by atoms with van der Waals surface area (Å²) in [6.07, 6.45) is -0.363. The number of carbonyl (C=O) groups is 1. The summed E-state index contributed by atoms with van der Waals surface area (Å²) in [6.45, 7) is 0. The van der Waals surface area contributed by atoms with Crippen LogP contribution in [0.4, 0.5) is 13.2 Å². The third kappa shape index (κ3) is 3.39. The molecule has 1 amide bonds. The zero-order valence-electron chi connectivity index (χ0n) is 12.3. The lowest BCUT2D eigenvalue weighted by Crippen LogP contribution is -2.11. The standard InChI is InChI=1S/C8H4F3NO.C6H5N5O/c9-8(10,11)5-1-2-7-6(3-5)12-4-13-7;7-5(12)4-3-1-8-2-9-6(3)11-10-4/h1-4H;1-2H,(H2,7,12)(H,8,9,10,11). The minimum absolute atomic E-state index is 0.217. The number of primary amides is 1. The van der Waals surface area contributed by atoms with E-state index in [9.17, 15) is 18.0 Å². The average Bonchev–Trinajstić information content (AvgIpc) is 3.20. The first-order chi connectivity index (χ1) is 11.9. The Balaban J connectivity index is 0.000000146. The number of aromatic amines is 1. The topological polar surface area (TPSA) is 124 Å². The Bertz CT molecular complexity index is 1040. The Hall–Kier alpha value is -3.50. The van der Waals surface area contributed by atoms with E-state index in [-0.39, 0.29) is 11.2 Å². The largest absolute Gasteiger partial charge is 0.443 e. The number of nitrogens with one attached hydrogen (secondary N) is 1. The van der Waals surface area contributed by atoms with Crippen molar-refractivity contribution in [2.75, 3.05) is 0 Å². The molecule has 3 N–H and O–H groups in total. The number of halogens is 3. The summed E-state index contributed by atoms with van der Waals surface area (Å²) in [6, 6.07) is 3.18. The van der Waals surface area contributed by atoms with E-state index in [0.29, 0.717) is 16.6 Å². The Labute approximate surface area is 136 Å². The molecule has 0 unspecified atom stereocenters. The molecule has 4 rings (SSSR count). The molecule has 0 saturated heterocycles. The van der Waals surface area contributed by atoms with Crippen LogP contribution in [-0.4, -0.2) is 31.1 Å². The summed E-state index contributed by atoms with van der Waals surface area (Å²) < 4.78 is 41.3. The molecule has 0 bridgehead atoms. The molecule has 0 atom stereocenters. The quantitative estimate of drug-likeness (QED) is 0.543. The van der Waals surface area contributed by atoms with Gasteiger partial charge in [0.25, 0.3) is 5.91 Å². The maximum atomic E-state index is 12.2. The molecule has 0 saturated carbocycles. The number of aromatic nitrogens is 5.